The van der Waals surface area contributed by atoms with E-state index >= 15 is 0 Å². The van der Waals surface area contributed by atoms with Gasteiger partial charge in [0, 0.05) is 50.1 Å². The Hall–Kier alpha value is -2.61. The van der Waals surface area contributed by atoms with Gasteiger partial charge in [-0.2, -0.15) is 0 Å². The molecule has 194 valence electrons. The van der Waals surface area contributed by atoms with Crippen molar-refractivity contribution >= 4 is 18.3 Å². The first-order chi connectivity index (χ1) is 16.5. The lowest BCUT2D eigenvalue weighted by Crippen LogP contribution is -2.54. The van der Waals surface area contributed by atoms with Crippen molar-refractivity contribution in [1.29, 1.82) is 0 Å². The number of nitrogens with zero attached hydrogens (tertiary/aromatic N) is 2. The zero-order chi connectivity index (χ0) is 25.8. The number of likely N-dealkylation sites (tertiary alicyclic amines) is 1. The number of ether oxygens (including phenoxy) is 3. The third-order valence-electron chi connectivity index (χ3n) is 6.80. The molecule has 0 aromatic heterocycles. The minimum Gasteiger partial charge on any atom is -0.490 e. The van der Waals surface area contributed by atoms with Gasteiger partial charge in [-0.25, -0.2) is 9.59 Å². The summed E-state index contributed by atoms with van der Waals surface area (Å²) >= 11 is 0. The van der Waals surface area contributed by atoms with Gasteiger partial charge >= 0.3 is 12.1 Å². The van der Waals surface area contributed by atoms with Gasteiger partial charge in [0.15, 0.2) is 6.29 Å². The van der Waals surface area contributed by atoms with Gasteiger partial charge in [0.05, 0.1) is 12.7 Å². The number of carbonyl (C=O) groups excluding carboxylic acids is 3. The Morgan fingerprint density at radius 2 is 1.83 bits per heavy atom. The number of methoxy groups -OCH3 is 1. The van der Waals surface area contributed by atoms with E-state index in [0.29, 0.717) is 35.6 Å². The molecule has 3 rings (SSSR count). The van der Waals surface area contributed by atoms with E-state index in [-0.39, 0.29) is 17.8 Å². The first kappa shape index (κ1) is 27.0. The average Bonchev–Trinajstić information content (AvgIpc) is 2.78. The van der Waals surface area contributed by atoms with Crippen LogP contribution < -0.4 is 4.74 Å². The molecule has 1 aromatic carbocycles. The van der Waals surface area contributed by atoms with Crippen molar-refractivity contribution in [3.8, 4) is 5.75 Å². The van der Waals surface area contributed by atoms with E-state index in [1.165, 1.54) is 7.11 Å². The molecule has 8 nitrogen and oxygen atoms in total. The second kappa shape index (κ2) is 11.4. The molecule has 35 heavy (non-hydrogen) atoms. The molecular weight excluding hydrogens is 448 g/mol. The highest BCUT2D eigenvalue weighted by atomic mass is 16.6. The van der Waals surface area contributed by atoms with E-state index in [0.717, 1.165) is 45.3 Å². The molecule has 2 fully saturated rings. The molecule has 0 N–H and O–H groups in total. The Labute approximate surface area is 208 Å². The standard InChI is InChI=1S/C27H40N2O6/c1-18(2)29(16-19-9-11-28(12-10-19)26(32)35-27(3,4)5)21-13-23(14-21)34-22-8-7-20(17-30)24(15-22)25(31)33-6/h7-8,15,17-19,21,23H,9-14,16H2,1-6H3/t21-,23-. The van der Waals surface area contributed by atoms with Crippen LogP contribution in [-0.2, 0) is 9.47 Å². The summed E-state index contributed by atoms with van der Waals surface area (Å²) in [7, 11) is 1.29. The largest absolute Gasteiger partial charge is 0.490 e. The Morgan fingerprint density at radius 3 is 2.37 bits per heavy atom. The number of hydrogen-bond acceptors (Lipinski definition) is 7. The average molecular weight is 489 g/mol. The highest BCUT2D eigenvalue weighted by molar-refractivity contribution is 5.98. The molecule has 1 aromatic rings. The number of rotatable bonds is 8. The quantitative estimate of drug-likeness (QED) is 0.392. The van der Waals surface area contributed by atoms with E-state index in [1.807, 2.05) is 25.7 Å². The highest BCUT2D eigenvalue weighted by Gasteiger charge is 2.38. The van der Waals surface area contributed by atoms with Gasteiger partial charge < -0.3 is 19.1 Å². The molecule has 0 bridgehead atoms. The van der Waals surface area contributed by atoms with Gasteiger partial charge in [-0.1, -0.05) is 0 Å². The topological polar surface area (TPSA) is 85.4 Å². The van der Waals surface area contributed by atoms with Gasteiger partial charge in [0.25, 0.3) is 0 Å². The molecular formula is C27H40N2O6. The van der Waals surface area contributed by atoms with Gasteiger partial charge in [-0.3, -0.25) is 9.69 Å². The van der Waals surface area contributed by atoms with Crippen LogP contribution in [0.5, 0.6) is 5.75 Å². The summed E-state index contributed by atoms with van der Waals surface area (Å²) in [6, 6.07) is 5.76. The maximum absolute atomic E-state index is 12.3. The van der Waals surface area contributed by atoms with Crippen molar-refractivity contribution in [2.45, 2.75) is 84.1 Å². The Bertz CT molecular complexity index is 895. The van der Waals surface area contributed by atoms with Gasteiger partial charge in [-0.05, 0) is 71.6 Å². The van der Waals surface area contributed by atoms with Crippen LogP contribution in [0.2, 0.25) is 0 Å². The van der Waals surface area contributed by atoms with Crippen molar-refractivity contribution in [3.05, 3.63) is 29.3 Å². The number of carbonyl (C=O) groups is 3. The minimum absolute atomic E-state index is 0.0721. The number of esters is 1. The van der Waals surface area contributed by atoms with Crippen molar-refractivity contribution in [1.82, 2.24) is 9.80 Å². The fraction of sp³-hybridized carbons (Fsp3) is 0.667. The number of piperidine rings is 1. The van der Waals surface area contributed by atoms with E-state index < -0.39 is 11.6 Å². The summed E-state index contributed by atoms with van der Waals surface area (Å²) in [4.78, 5) is 39.9. The molecule has 1 amide bonds. The monoisotopic (exact) mass is 488 g/mol. The normalized spacial score (nSPS) is 21.0. The lowest BCUT2D eigenvalue weighted by Gasteiger charge is -2.46. The minimum atomic E-state index is -0.548. The van der Waals surface area contributed by atoms with E-state index in [4.69, 9.17) is 14.2 Å². The molecule has 0 unspecified atom stereocenters. The third kappa shape index (κ3) is 7.19. The number of hydrogen-bond donors (Lipinski definition) is 0. The fourth-order valence-electron chi connectivity index (χ4n) is 4.80. The molecule has 1 saturated carbocycles. The second-order valence-corrected chi connectivity index (χ2v) is 10.9. The number of benzene rings is 1. The first-order valence-corrected chi connectivity index (χ1v) is 12.6. The van der Waals surface area contributed by atoms with E-state index in [2.05, 4.69) is 18.7 Å². The Balaban J connectivity index is 1.50. The van der Waals surface area contributed by atoms with Crippen LogP contribution in [0.1, 0.15) is 81.0 Å². The van der Waals surface area contributed by atoms with Crippen LogP contribution in [0.25, 0.3) is 0 Å². The van der Waals surface area contributed by atoms with Crippen LogP contribution >= 0.6 is 0 Å². The molecule has 0 radical (unpaired) electrons. The summed E-state index contributed by atoms with van der Waals surface area (Å²) in [5.74, 6) is 0.576. The number of amides is 1. The SMILES string of the molecule is COC(=O)c1cc(O[C@H]2C[C@H](N(CC3CCN(C(=O)OC(C)(C)C)CC3)C(C)C)C2)ccc1C=O. The second-order valence-electron chi connectivity index (χ2n) is 10.9. The molecule has 0 atom stereocenters. The van der Waals surface area contributed by atoms with Crippen molar-refractivity contribution in [3.63, 3.8) is 0 Å². The van der Waals surface area contributed by atoms with Crippen molar-refractivity contribution < 1.29 is 28.6 Å². The molecule has 2 aliphatic rings. The molecule has 1 heterocycles. The molecule has 1 aliphatic carbocycles. The van der Waals surface area contributed by atoms with Crippen LogP contribution in [-0.4, -0.2) is 78.7 Å². The Kier molecular flexibility index (Phi) is 8.80. The van der Waals surface area contributed by atoms with Crippen molar-refractivity contribution in [2.24, 2.45) is 5.92 Å². The molecule has 1 saturated heterocycles. The summed E-state index contributed by atoms with van der Waals surface area (Å²) < 4.78 is 16.4. The first-order valence-electron chi connectivity index (χ1n) is 12.6. The van der Waals surface area contributed by atoms with E-state index in [1.54, 1.807) is 18.2 Å². The predicted octanol–water partition coefficient (Wildman–Crippen LogP) is 4.55. The van der Waals surface area contributed by atoms with Crippen LogP contribution in [0.15, 0.2) is 18.2 Å². The third-order valence-corrected chi connectivity index (χ3v) is 6.80. The van der Waals surface area contributed by atoms with Gasteiger partial charge in [-0.15, -0.1) is 0 Å². The molecule has 8 heteroatoms. The predicted molar refractivity (Wildman–Crippen MR) is 133 cm³/mol. The van der Waals surface area contributed by atoms with E-state index in [9.17, 15) is 14.4 Å². The lowest BCUT2D eigenvalue weighted by molar-refractivity contribution is -0.0134. The maximum atomic E-state index is 12.3. The zero-order valence-electron chi connectivity index (χ0n) is 21.9. The van der Waals surface area contributed by atoms with Gasteiger partial charge in [0.1, 0.15) is 17.5 Å². The lowest BCUT2D eigenvalue weighted by atomic mass is 9.85. The summed E-state index contributed by atoms with van der Waals surface area (Å²) in [6.45, 7) is 12.6. The number of aldehydes is 1. The summed E-state index contributed by atoms with van der Waals surface area (Å²) in [5, 5.41) is 0. The molecule has 0 spiro atoms. The fourth-order valence-corrected chi connectivity index (χ4v) is 4.80. The zero-order valence-corrected chi connectivity index (χ0v) is 21.9. The van der Waals surface area contributed by atoms with Crippen LogP contribution in [0.3, 0.4) is 0 Å². The smallest absolute Gasteiger partial charge is 0.410 e. The van der Waals surface area contributed by atoms with Gasteiger partial charge in [0.2, 0.25) is 0 Å². The summed E-state index contributed by atoms with van der Waals surface area (Å²) in [6.07, 6.45) is 4.29. The van der Waals surface area contributed by atoms with Crippen LogP contribution in [0, 0.1) is 5.92 Å². The highest BCUT2D eigenvalue weighted by Crippen LogP contribution is 2.33. The summed E-state index contributed by atoms with van der Waals surface area (Å²) in [5.41, 5.74) is 0.0413. The Morgan fingerprint density at radius 1 is 1.17 bits per heavy atom. The van der Waals surface area contributed by atoms with Crippen molar-refractivity contribution in [2.75, 3.05) is 26.7 Å². The maximum Gasteiger partial charge on any atom is 0.410 e. The molecule has 1 aliphatic heterocycles. The van der Waals surface area contributed by atoms with Crippen LogP contribution in [0.4, 0.5) is 4.79 Å².